The van der Waals surface area contributed by atoms with Crippen molar-refractivity contribution in [3.8, 4) is 5.75 Å². The Kier molecular flexibility index (Phi) is 3.08. The molecule has 0 spiro atoms. The zero-order valence-electron chi connectivity index (χ0n) is 8.97. The Hall–Kier alpha value is -0.800. The minimum absolute atomic E-state index is 0.0331. The molecule has 1 aromatic rings. The zero-order chi connectivity index (χ0) is 11.8. The third-order valence-electron chi connectivity index (χ3n) is 3.55. The summed E-state index contributed by atoms with van der Waals surface area (Å²) in [5.74, 6) is -0.553. The summed E-state index contributed by atoms with van der Waals surface area (Å²) in [6, 6.07) is 2.81. The molecule has 0 atom stereocenters. The van der Waals surface area contributed by atoms with Crippen LogP contribution in [-0.4, -0.2) is 11.7 Å². The Balaban J connectivity index is 2.57. The molecule has 1 saturated carbocycles. The monoisotopic (exact) mass is 243 g/mol. The van der Waals surface area contributed by atoms with Crippen LogP contribution < -0.4 is 5.73 Å². The molecule has 0 bridgehead atoms. The van der Waals surface area contributed by atoms with Gasteiger partial charge in [-0.15, -0.1) is 0 Å². The highest BCUT2D eigenvalue weighted by Gasteiger charge is 2.39. The molecule has 2 rings (SSSR count). The highest BCUT2D eigenvalue weighted by molar-refractivity contribution is 6.30. The standard InChI is InChI=1S/C12H15ClFNO/c13-8-3-4-9(16)10(11(8)14)12(7-15)5-1-2-6-12/h3-4,16H,1-2,5-7,15H2. The van der Waals surface area contributed by atoms with Gasteiger partial charge in [0.05, 0.1) is 5.02 Å². The van der Waals surface area contributed by atoms with Crippen LogP contribution in [0.1, 0.15) is 31.2 Å². The molecule has 1 aliphatic carbocycles. The van der Waals surface area contributed by atoms with Gasteiger partial charge in [0.25, 0.3) is 0 Å². The van der Waals surface area contributed by atoms with E-state index in [2.05, 4.69) is 0 Å². The van der Waals surface area contributed by atoms with Crippen LogP contribution in [0.5, 0.6) is 5.75 Å². The fraction of sp³-hybridized carbons (Fsp3) is 0.500. The van der Waals surface area contributed by atoms with Crippen molar-refractivity contribution >= 4 is 11.6 Å². The van der Waals surface area contributed by atoms with Gasteiger partial charge in [0, 0.05) is 17.5 Å². The van der Waals surface area contributed by atoms with Crippen molar-refractivity contribution in [3.63, 3.8) is 0 Å². The average Bonchev–Trinajstić information content (AvgIpc) is 2.74. The van der Waals surface area contributed by atoms with Gasteiger partial charge in [-0.3, -0.25) is 0 Å². The smallest absolute Gasteiger partial charge is 0.149 e. The van der Waals surface area contributed by atoms with Crippen molar-refractivity contribution in [2.24, 2.45) is 5.73 Å². The summed E-state index contributed by atoms with van der Waals surface area (Å²) < 4.78 is 14.0. The van der Waals surface area contributed by atoms with Gasteiger partial charge in [-0.05, 0) is 25.0 Å². The number of phenols is 1. The van der Waals surface area contributed by atoms with Gasteiger partial charge < -0.3 is 10.8 Å². The zero-order valence-corrected chi connectivity index (χ0v) is 9.73. The molecule has 0 saturated heterocycles. The summed E-state index contributed by atoms with van der Waals surface area (Å²) in [6.45, 7) is 0.345. The van der Waals surface area contributed by atoms with Gasteiger partial charge in [-0.2, -0.15) is 0 Å². The van der Waals surface area contributed by atoms with E-state index < -0.39 is 11.2 Å². The molecule has 0 amide bonds. The Bertz CT molecular complexity index is 402. The topological polar surface area (TPSA) is 46.2 Å². The SMILES string of the molecule is NCC1(c2c(O)ccc(Cl)c2F)CCCC1. The van der Waals surface area contributed by atoms with E-state index in [0.717, 1.165) is 25.7 Å². The lowest BCUT2D eigenvalue weighted by Crippen LogP contribution is -2.33. The minimum atomic E-state index is -0.519. The van der Waals surface area contributed by atoms with Crippen LogP contribution in [0.3, 0.4) is 0 Å². The van der Waals surface area contributed by atoms with E-state index in [1.54, 1.807) is 0 Å². The summed E-state index contributed by atoms with van der Waals surface area (Å²) in [5.41, 5.74) is 5.64. The second-order valence-electron chi connectivity index (χ2n) is 4.45. The van der Waals surface area contributed by atoms with E-state index in [1.807, 2.05) is 0 Å². The van der Waals surface area contributed by atoms with Crippen LogP contribution in [0.2, 0.25) is 5.02 Å². The quantitative estimate of drug-likeness (QED) is 0.839. The predicted molar refractivity (Wildman–Crippen MR) is 62.3 cm³/mol. The first-order valence-corrected chi connectivity index (χ1v) is 5.86. The van der Waals surface area contributed by atoms with Gasteiger partial charge >= 0.3 is 0 Å². The molecule has 1 aliphatic rings. The molecule has 0 aliphatic heterocycles. The molecular weight excluding hydrogens is 229 g/mol. The van der Waals surface area contributed by atoms with E-state index in [-0.39, 0.29) is 10.8 Å². The van der Waals surface area contributed by atoms with Crippen molar-refractivity contribution in [2.45, 2.75) is 31.1 Å². The first-order chi connectivity index (χ1) is 7.60. The third kappa shape index (κ3) is 1.68. The Morgan fingerprint density at radius 3 is 2.56 bits per heavy atom. The molecule has 0 unspecified atom stereocenters. The molecule has 16 heavy (non-hydrogen) atoms. The average molecular weight is 244 g/mol. The molecule has 3 N–H and O–H groups in total. The fourth-order valence-corrected chi connectivity index (χ4v) is 2.81. The summed E-state index contributed by atoms with van der Waals surface area (Å²) in [6.07, 6.45) is 3.66. The van der Waals surface area contributed by atoms with Crippen LogP contribution >= 0.6 is 11.6 Å². The van der Waals surface area contributed by atoms with Gasteiger partial charge in [0.1, 0.15) is 11.6 Å². The van der Waals surface area contributed by atoms with Crippen molar-refractivity contribution in [1.82, 2.24) is 0 Å². The number of aromatic hydroxyl groups is 1. The first kappa shape index (κ1) is 11.7. The normalized spacial score (nSPS) is 18.9. The molecule has 0 radical (unpaired) electrons. The number of hydrogen-bond donors (Lipinski definition) is 2. The second-order valence-corrected chi connectivity index (χ2v) is 4.85. The Morgan fingerprint density at radius 2 is 2.00 bits per heavy atom. The summed E-state index contributed by atoms with van der Waals surface area (Å²) >= 11 is 5.76. The first-order valence-electron chi connectivity index (χ1n) is 5.48. The molecule has 88 valence electrons. The maximum Gasteiger partial charge on any atom is 0.149 e. The number of phenolic OH excluding ortho intramolecular Hbond substituents is 1. The third-order valence-corrected chi connectivity index (χ3v) is 3.85. The maximum atomic E-state index is 14.0. The molecule has 2 nitrogen and oxygen atoms in total. The number of halogens is 2. The number of rotatable bonds is 2. The van der Waals surface area contributed by atoms with Crippen molar-refractivity contribution in [2.75, 3.05) is 6.54 Å². The molecule has 1 fully saturated rings. The van der Waals surface area contributed by atoms with Gasteiger partial charge in [-0.25, -0.2) is 4.39 Å². The minimum Gasteiger partial charge on any atom is -0.508 e. The predicted octanol–water partition coefficient (Wildman–Crippen LogP) is 2.96. The lowest BCUT2D eigenvalue weighted by molar-refractivity contribution is 0.385. The maximum absolute atomic E-state index is 14.0. The highest BCUT2D eigenvalue weighted by Crippen LogP contribution is 2.46. The van der Waals surface area contributed by atoms with Crippen LogP contribution in [0.4, 0.5) is 4.39 Å². The molecular formula is C12H15ClFNO. The highest BCUT2D eigenvalue weighted by atomic mass is 35.5. The molecule has 0 aromatic heterocycles. The van der Waals surface area contributed by atoms with Crippen LogP contribution in [0, 0.1) is 5.82 Å². The largest absolute Gasteiger partial charge is 0.508 e. The summed E-state index contributed by atoms with van der Waals surface area (Å²) in [4.78, 5) is 0. The van der Waals surface area contributed by atoms with E-state index in [0.29, 0.717) is 12.1 Å². The molecule has 0 heterocycles. The molecule has 4 heteroatoms. The number of nitrogens with two attached hydrogens (primary N) is 1. The van der Waals surface area contributed by atoms with Gasteiger partial charge in [0.15, 0.2) is 0 Å². The number of hydrogen-bond acceptors (Lipinski definition) is 2. The second kappa shape index (κ2) is 4.22. The van der Waals surface area contributed by atoms with E-state index >= 15 is 0 Å². The number of benzene rings is 1. The van der Waals surface area contributed by atoms with Gasteiger partial charge in [-0.1, -0.05) is 24.4 Å². The lowest BCUT2D eigenvalue weighted by Gasteiger charge is -2.29. The van der Waals surface area contributed by atoms with Crippen LogP contribution in [0.25, 0.3) is 0 Å². The fourth-order valence-electron chi connectivity index (χ4n) is 2.65. The summed E-state index contributed by atoms with van der Waals surface area (Å²) in [5, 5.41) is 9.87. The Labute approximate surface area is 99.2 Å². The van der Waals surface area contributed by atoms with Crippen LogP contribution in [-0.2, 0) is 5.41 Å². The van der Waals surface area contributed by atoms with E-state index in [9.17, 15) is 9.50 Å². The van der Waals surface area contributed by atoms with E-state index in [4.69, 9.17) is 17.3 Å². The van der Waals surface area contributed by atoms with Crippen molar-refractivity contribution < 1.29 is 9.50 Å². The van der Waals surface area contributed by atoms with Crippen LogP contribution in [0.15, 0.2) is 12.1 Å². The Morgan fingerprint density at radius 1 is 1.38 bits per heavy atom. The lowest BCUT2D eigenvalue weighted by atomic mass is 9.78. The molecule has 1 aromatic carbocycles. The van der Waals surface area contributed by atoms with E-state index in [1.165, 1.54) is 12.1 Å². The van der Waals surface area contributed by atoms with Crippen molar-refractivity contribution in [1.29, 1.82) is 0 Å². The van der Waals surface area contributed by atoms with Crippen molar-refractivity contribution in [3.05, 3.63) is 28.5 Å². The van der Waals surface area contributed by atoms with Gasteiger partial charge in [0.2, 0.25) is 0 Å². The summed E-state index contributed by atoms with van der Waals surface area (Å²) in [7, 11) is 0.